The molecule has 222 valence electrons. The van der Waals surface area contributed by atoms with Crippen LogP contribution in [0.3, 0.4) is 0 Å². The lowest BCUT2D eigenvalue weighted by atomic mass is 10.2. The Labute approximate surface area is 247 Å². The summed E-state index contributed by atoms with van der Waals surface area (Å²) < 4.78 is 30.1. The number of benzene rings is 2. The summed E-state index contributed by atoms with van der Waals surface area (Å²) in [5.74, 6) is -0.763. The van der Waals surface area contributed by atoms with Crippen LogP contribution in [0.4, 0.5) is 14.9 Å². The van der Waals surface area contributed by atoms with Gasteiger partial charge in [-0.1, -0.05) is 0 Å². The molecule has 0 saturated carbocycles. The first-order valence-electron chi connectivity index (χ1n) is 13.3. The van der Waals surface area contributed by atoms with E-state index in [2.05, 4.69) is 15.4 Å². The molecule has 1 amide bonds. The number of anilines is 1. The number of imidazole rings is 1. The van der Waals surface area contributed by atoms with Crippen LogP contribution in [-0.2, 0) is 13.6 Å². The molecule has 44 heavy (non-hydrogen) atoms. The van der Waals surface area contributed by atoms with Crippen molar-refractivity contribution in [2.24, 2.45) is 7.05 Å². The van der Waals surface area contributed by atoms with E-state index in [0.717, 1.165) is 28.5 Å². The molecule has 2 aromatic carbocycles. The predicted molar refractivity (Wildman–Crippen MR) is 157 cm³/mol. The molecule has 0 spiro atoms. The van der Waals surface area contributed by atoms with Crippen molar-refractivity contribution < 1.29 is 23.8 Å². The number of fused-ring (bicyclic) bond motifs is 1. The summed E-state index contributed by atoms with van der Waals surface area (Å²) in [4.78, 5) is 43.0. The summed E-state index contributed by atoms with van der Waals surface area (Å²) >= 11 is 0. The number of halogens is 1. The van der Waals surface area contributed by atoms with E-state index in [9.17, 15) is 23.9 Å². The van der Waals surface area contributed by atoms with E-state index in [1.165, 1.54) is 34.9 Å². The van der Waals surface area contributed by atoms with Gasteiger partial charge in [0.05, 0.1) is 30.1 Å². The van der Waals surface area contributed by atoms with Crippen molar-refractivity contribution in [2.45, 2.75) is 13.5 Å². The summed E-state index contributed by atoms with van der Waals surface area (Å²) in [5.41, 5.74) is 0.743. The van der Waals surface area contributed by atoms with Crippen LogP contribution < -0.4 is 26.0 Å². The highest BCUT2D eigenvalue weighted by atomic mass is 19.1. The van der Waals surface area contributed by atoms with Gasteiger partial charge >= 0.3 is 17.3 Å². The second-order valence-electron chi connectivity index (χ2n) is 9.66. The van der Waals surface area contributed by atoms with Crippen molar-refractivity contribution in [2.75, 3.05) is 5.32 Å². The zero-order valence-electron chi connectivity index (χ0n) is 23.3. The summed E-state index contributed by atoms with van der Waals surface area (Å²) in [5, 5.41) is 17.4. The lowest BCUT2D eigenvalue weighted by molar-refractivity contribution is 0.214. The maximum Gasteiger partial charge on any atom is 0.417 e. The second-order valence-corrected chi connectivity index (χ2v) is 9.66. The number of ether oxygens (including phenoxy) is 2. The van der Waals surface area contributed by atoms with Crippen molar-refractivity contribution in [3.8, 4) is 39.9 Å². The number of pyridine rings is 1. The molecule has 6 rings (SSSR count). The number of carbonyl (C=O) groups is 1. The maximum atomic E-state index is 13.4. The number of nitrogens with one attached hydrogen (secondary N) is 1. The lowest BCUT2D eigenvalue weighted by Crippen LogP contribution is -2.39. The normalized spacial score (nSPS) is 11.1. The molecule has 0 aliphatic rings. The number of phenolic OH excluding ortho intramolecular Hbond substituents is 1. The van der Waals surface area contributed by atoms with Crippen LogP contribution in [0.25, 0.3) is 22.5 Å². The zero-order valence-corrected chi connectivity index (χ0v) is 23.3. The van der Waals surface area contributed by atoms with Crippen molar-refractivity contribution in [1.29, 1.82) is 0 Å². The third-order valence-corrected chi connectivity index (χ3v) is 6.65. The van der Waals surface area contributed by atoms with Crippen LogP contribution in [0.2, 0.25) is 0 Å². The second kappa shape index (κ2) is 11.2. The minimum atomic E-state index is -1.05. The number of hydrogen-bond acceptors (Lipinski definition) is 8. The fourth-order valence-electron chi connectivity index (χ4n) is 4.52. The predicted octanol–water partition coefficient (Wildman–Crippen LogP) is 4.32. The number of aromatic hydroxyl groups is 1. The van der Waals surface area contributed by atoms with Crippen molar-refractivity contribution in [3.63, 3.8) is 0 Å². The number of nitrogens with zero attached hydrogens (tertiary/aromatic N) is 6. The Morgan fingerprint density at radius 1 is 1.00 bits per heavy atom. The third kappa shape index (κ3) is 5.38. The summed E-state index contributed by atoms with van der Waals surface area (Å²) in [6, 6.07) is 12.4. The van der Waals surface area contributed by atoms with Gasteiger partial charge in [-0.3, -0.25) is 14.7 Å². The summed E-state index contributed by atoms with van der Waals surface area (Å²) in [6.45, 7) is 1.84. The topological polar surface area (TPSA) is 147 Å². The zero-order chi connectivity index (χ0) is 31.0. The molecule has 0 aliphatic heterocycles. The number of carbonyl (C=O) groups excluding carboxylic acids is 1. The summed E-state index contributed by atoms with van der Waals surface area (Å²) in [6.07, 6.45) is 7.02. The highest BCUT2D eigenvalue weighted by Crippen LogP contribution is 2.36. The molecule has 0 saturated heterocycles. The van der Waals surface area contributed by atoms with Crippen LogP contribution in [0.15, 0.2) is 95.3 Å². The Balaban J connectivity index is 1.23. The molecule has 0 aliphatic carbocycles. The third-order valence-electron chi connectivity index (χ3n) is 6.65. The highest BCUT2D eigenvalue weighted by molar-refractivity contribution is 5.86. The smallest absolute Gasteiger partial charge is 0.417 e. The van der Waals surface area contributed by atoms with Crippen molar-refractivity contribution in [1.82, 2.24) is 28.3 Å². The fourth-order valence-corrected chi connectivity index (χ4v) is 4.52. The molecule has 6 aromatic rings. The first kappa shape index (κ1) is 28.0. The number of phenols is 1. The first-order valence-corrected chi connectivity index (χ1v) is 13.3. The van der Waals surface area contributed by atoms with Gasteiger partial charge in [0.25, 0.3) is 0 Å². The lowest BCUT2D eigenvalue weighted by Gasteiger charge is -2.13. The molecule has 0 unspecified atom stereocenters. The number of aromatic nitrogens is 6. The average Bonchev–Trinajstić information content (AvgIpc) is 3.66. The molecule has 0 bridgehead atoms. The van der Waals surface area contributed by atoms with E-state index in [1.54, 1.807) is 36.1 Å². The van der Waals surface area contributed by atoms with Crippen LogP contribution >= 0.6 is 0 Å². The van der Waals surface area contributed by atoms with E-state index < -0.39 is 28.9 Å². The monoisotopic (exact) mass is 597 g/mol. The Kier molecular flexibility index (Phi) is 7.15. The summed E-state index contributed by atoms with van der Waals surface area (Å²) in [7, 11) is 1.86. The van der Waals surface area contributed by atoms with Crippen molar-refractivity contribution >= 4 is 17.3 Å². The Hall–Kier alpha value is -6.18. The molecule has 14 heteroatoms. The molecule has 4 aromatic heterocycles. The van der Waals surface area contributed by atoms with E-state index in [4.69, 9.17) is 9.47 Å². The fraction of sp³-hybridized carbons (Fsp3) is 0.100. The number of amides is 1. The first-order chi connectivity index (χ1) is 21.2. The van der Waals surface area contributed by atoms with Crippen molar-refractivity contribution in [3.05, 3.63) is 112 Å². The number of rotatable bonds is 7. The quantitative estimate of drug-likeness (QED) is 0.277. The van der Waals surface area contributed by atoms with Gasteiger partial charge in [0, 0.05) is 43.3 Å². The Bertz CT molecular complexity index is 2150. The molecule has 0 radical (unpaired) electrons. The van der Waals surface area contributed by atoms with E-state index in [1.807, 2.05) is 24.0 Å². The Morgan fingerprint density at radius 3 is 2.50 bits per heavy atom. The van der Waals surface area contributed by atoms with Gasteiger partial charge in [-0.05, 0) is 55.5 Å². The standard InChI is InChI=1S/C30H24FN7O6/c1-3-36-16-27(28(40)38(30(36)42)21-7-4-19(31)5-8-21)44-29(41)34-20-6-9-25(24(39)13-20)43-26-12-18(22-15-35(2)17-32-22)14-37-23(26)10-11-33-37/h4-17,39H,3H2,1-2H3,(H,34,41). The van der Waals surface area contributed by atoms with E-state index >= 15 is 0 Å². The number of aryl methyl sites for hydroxylation is 2. The van der Waals surface area contributed by atoms with Gasteiger partial charge in [-0.25, -0.2) is 28.0 Å². The highest BCUT2D eigenvalue weighted by Gasteiger charge is 2.18. The minimum absolute atomic E-state index is 0.0994. The molecular formula is C30H24FN7O6. The van der Waals surface area contributed by atoms with E-state index in [-0.39, 0.29) is 29.4 Å². The number of hydrogen-bond donors (Lipinski definition) is 2. The van der Waals surface area contributed by atoms with E-state index in [0.29, 0.717) is 17.0 Å². The molecule has 0 atom stereocenters. The largest absolute Gasteiger partial charge is 0.504 e. The molecular weight excluding hydrogens is 573 g/mol. The SMILES string of the molecule is CCn1cc(OC(=O)Nc2ccc(Oc3cc(-c4cn(C)cn4)cn4nccc34)c(O)c2)c(=O)n(-c2ccc(F)cc2)c1=O. The van der Waals surface area contributed by atoms with Gasteiger partial charge in [0.2, 0.25) is 5.75 Å². The Morgan fingerprint density at radius 2 is 1.80 bits per heavy atom. The van der Waals surface area contributed by atoms with Gasteiger partial charge in [0.15, 0.2) is 17.2 Å². The van der Waals surface area contributed by atoms with Crippen LogP contribution in [-0.4, -0.2) is 39.5 Å². The van der Waals surface area contributed by atoms with Gasteiger partial charge in [-0.2, -0.15) is 5.10 Å². The van der Waals surface area contributed by atoms with Crippen LogP contribution in [0.5, 0.6) is 23.0 Å². The minimum Gasteiger partial charge on any atom is -0.504 e. The molecule has 2 N–H and O–H groups in total. The van der Waals surface area contributed by atoms with Crippen LogP contribution in [0, 0.1) is 5.82 Å². The molecule has 0 fully saturated rings. The molecule has 4 heterocycles. The van der Waals surface area contributed by atoms with Gasteiger partial charge in [-0.15, -0.1) is 0 Å². The maximum absolute atomic E-state index is 13.4. The van der Waals surface area contributed by atoms with Gasteiger partial charge < -0.3 is 19.1 Å². The van der Waals surface area contributed by atoms with Crippen LogP contribution in [0.1, 0.15) is 6.92 Å². The molecule has 13 nitrogen and oxygen atoms in total. The average molecular weight is 598 g/mol. The van der Waals surface area contributed by atoms with Gasteiger partial charge in [0.1, 0.15) is 11.3 Å².